The van der Waals surface area contributed by atoms with E-state index >= 15 is 0 Å². The number of hydrogen-bond acceptors (Lipinski definition) is 1. The predicted octanol–water partition coefficient (Wildman–Crippen LogP) is 2.28. The lowest BCUT2D eigenvalue weighted by molar-refractivity contribution is -0.123. The van der Waals surface area contributed by atoms with Crippen LogP contribution >= 0.6 is 0 Å². The molecule has 2 heteroatoms. The van der Waals surface area contributed by atoms with Crippen LogP contribution in [0, 0.1) is 5.92 Å². The van der Waals surface area contributed by atoms with E-state index in [0.717, 1.165) is 6.42 Å². The minimum atomic E-state index is 0.0485. The van der Waals surface area contributed by atoms with Crippen molar-refractivity contribution >= 4 is 5.91 Å². The Bertz CT molecular complexity index is 216. The Hall–Kier alpha value is -1.05. The maximum atomic E-state index is 11.2. The molecule has 0 spiro atoms. The summed E-state index contributed by atoms with van der Waals surface area (Å²) in [6.07, 6.45) is 6.88. The van der Waals surface area contributed by atoms with Gasteiger partial charge in [-0.3, -0.25) is 4.79 Å². The SMILES string of the molecule is C/C=C\C(=C/C)CC(C)C(=O)NC. The van der Waals surface area contributed by atoms with Crippen molar-refractivity contribution in [3.63, 3.8) is 0 Å². The van der Waals surface area contributed by atoms with Crippen molar-refractivity contribution in [3.05, 3.63) is 23.8 Å². The molecule has 0 saturated carbocycles. The molecule has 0 saturated heterocycles. The molecular formula is C11H19NO. The Kier molecular flexibility index (Phi) is 5.94. The predicted molar refractivity (Wildman–Crippen MR) is 56.4 cm³/mol. The Balaban J connectivity index is 4.17. The Morgan fingerprint density at radius 1 is 1.46 bits per heavy atom. The van der Waals surface area contributed by atoms with Crippen molar-refractivity contribution in [2.24, 2.45) is 5.92 Å². The zero-order valence-electron chi connectivity index (χ0n) is 8.92. The second-order valence-corrected chi connectivity index (χ2v) is 3.08. The van der Waals surface area contributed by atoms with E-state index in [-0.39, 0.29) is 11.8 Å². The molecule has 0 bridgehead atoms. The fraction of sp³-hybridized carbons (Fsp3) is 0.545. The van der Waals surface area contributed by atoms with Gasteiger partial charge in [0, 0.05) is 13.0 Å². The van der Waals surface area contributed by atoms with E-state index in [1.54, 1.807) is 7.05 Å². The monoisotopic (exact) mass is 181 g/mol. The van der Waals surface area contributed by atoms with E-state index in [1.807, 2.05) is 39.0 Å². The lowest BCUT2D eigenvalue weighted by Gasteiger charge is -2.09. The summed E-state index contributed by atoms with van der Waals surface area (Å²) in [6, 6.07) is 0. The van der Waals surface area contributed by atoms with Crippen LogP contribution in [-0.2, 0) is 4.79 Å². The van der Waals surface area contributed by atoms with Crippen molar-refractivity contribution in [3.8, 4) is 0 Å². The number of carbonyl (C=O) groups is 1. The summed E-state index contributed by atoms with van der Waals surface area (Å²) in [6.45, 7) is 5.91. The summed E-state index contributed by atoms with van der Waals surface area (Å²) in [5.41, 5.74) is 1.21. The van der Waals surface area contributed by atoms with Gasteiger partial charge in [0.25, 0.3) is 0 Å². The molecule has 1 unspecified atom stereocenters. The highest BCUT2D eigenvalue weighted by atomic mass is 16.1. The van der Waals surface area contributed by atoms with E-state index in [0.29, 0.717) is 0 Å². The van der Waals surface area contributed by atoms with Crippen LogP contribution in [0.25, 0.3) is 0 Å². The number of nitrogens with one attached hydrogen (secondary N) is 1. The summed E-state index contributed by atoms with van der Waals surface area (Å²) in [5.74, 6) is 0.149. The van der Waals surface area contributed by atoms with E-state index in [9.17, 15) is 4.79 Å². The van der Waals surface area contributed by atoms with E-state index in [4.69, 9.17) is 0 Å². The molecule has 0 aromatic heterocycles. The van der Waals surface area contributed by atoms with Crippen molar-refractivity contribution < 1.29 is 4.79 Å². The first-order valence-corrected chi connectivity index (χ1v) is 4.65. The Labute approximate surface area is 80.7 Å². The topological polar surface area (TPSA) is 29.1 Å². The van der Waals surface area contributed by atoms with Crippen molar-refractivity contribution in [1.29, 1.82) is 0 Å². The fourth-order valence-corrected chi connectivity index (χ4v) is 1.19. The van der Waals surface area contributed by atoms with Gasteiger partial charge in [-0.1, -0.05) is 30.7 Å². The first kappa shape index (κ1) is 11.9. The van der Waals surface area contributed by atoms with Gasteiger partial charge in [0.2, 0.25) is 5.91 Å². The molecule has 0 aromatic carbocycles. The van der Waals surface area contributed by atoms with Crippen LogP contribution in [-0.4, -0.2) is 13.0 Å². The molecule has 0 rings (SSSR count). The van der Waals surface area contributed by atoms with Crippen LogP contribution in [0.5, 0.6) is 0 Å². The molecule has 0 aliphatic heterocycles. The molecule has 2 nitrogen and oxygen atoms in total. The molecule has 1 atom stereocenters. The number of allylic oxidation sites excluding steroid dienone is 4. The largest absolute Gasteiger partial charge is 0.359 e. The molecule has 0 heterocycles. The third kappa shape index (κ3) is 4.51. The van der Waals surface area contributed by atoms with Crippen molar-refractivity contribution in [1.82, 2.24) is 5.32 Å². The summed E-state index contributed by atoms with van der Waals surface area (Å²) >= 11 is 0. The lowest BCUT2D eigenvalue weighted by atomic mass is 10.00. The molecule has 0 fully saturated rings. The van der Waals surface area contributed by atoms with Gasteiger partial charge in [-0.25, -0.2) is 0 Å². The summed E-state index contributed by atoms with van der Waals surface area (Å²) in [4.78, 5) is 11.2. The number of carbonyl (C=O) groups excluding carboxylic acids is 1. The molecule has 0 aliphatic rings. The van der Waals surface area contributed by atoms with Crippen molar-refractivity contribution in [2.75, 3.05) is 7.05 Å². The van der Waals surface area contributed by atoms with Gasteiger partial charge >= 0.3 is 0 Å². The first-order valence-electron chi connectivity index (χ1n) is 4.65. The quantitative estimate of drug-likeness (QED) is 0.662. The average molecular weight is 181 g/mol. The average Bonchev–Trinajstić information content (AvgIpc) is 2.15. The maximum absolute atomic E-state index is 11.2. The van der Waals surface area contributed by atoms with Crippen LogP contribution in [0.15, 0.2) is 23.8 Å². The van der Waals surface area contributed by atoms with Gasteiger partial charge in [0.1, 0.15) is 0 Å². The number of amides is 1. The van der Waals surface area contributed by atoms with Gasteiger partial charge in [-0.15, -0.1) is 0 Å². The first-order chi connectivity index (χ1) is 6.15. The van der Waals surface area contributed by atoms with Crippen LogP contribution in [0.1, 0.15) is 27.2 Å². The third-order valence-corrected chi connectivity index (χ3v) is 1.99. The highest BCUT2D eigenvalue weighted by Gasteiger charge is 2.10. The van der Waals surface area contributed by atoms with E-state index < -0.39 is 0 Å². The smallest absolute Gasteiger partial charge is 0.222 e. The lowest BCUT2D eigenvalue weighted by Crippen LogP contribution is -2.25. The minimum absolute atomic E-state index is 0.0485. The molecule has 13 heavy (non-hydrogen) atoms. The van der Waals surface area contributed by atoms with Gasteiger partial charge in [-0.2, -0.15) is 0 Å². The normalized spacial score (nSPS) is 14.6. The van der Waals surface area contributed by atoms with Gasteiger partial charge in [0.05, 0.1) is 0 Å². The summed E-state index contributed by atoms with van der Waals surface area (Å²) in [7, 11) is 1.67. The second-order valence-electron chi connectivity index (χ2n) is 3.08. The van der Waals surface area contributed by atoms with Crippen molar-refractivity contribution in [2.45, 2.75) is 27.2 Å². The highest BCUT2D eigenvalue weighted by Crippen LogP contribution is 2.12. The van der Waals surface area contributed by atoms with Crippen LogP contribution in [0.2, 0.25) is 0 Å². The minimum Gasteiger partial charge on any atom is -0.359 e. The Morgan fingerprint density at radius 2 is 2.08 bits per heavy atom. The number of rotatable bonds is 4. The molecule has 0 radical (unpaired) electrons. The number of hydrogen-bond donors (Lipinski definition) is 1. The maximum Gasteiger partial charge on any atom is 0.222 e. The molecule has 0 aliphatic carbocycles. The highest BCUT2D eigenvalue weighted by molar-refractivity contribution is 5.78. The van der Waals surface area contributed by atoms with Gasteiger partial charge in [0.15, 0.2) is 0 Å². The zero-order valence-corrected chi connectivity index (χ0v) is 8.92. The standard InChI is InChI=1S/C11H19NO/c1-5-7-10(6-2)8-9(3)11(13)12-4/h5-7,9H,8H2,1-4H3,(H,12,13)/b7-5-,10-6+. The molecular weight excluding hydrogens is 162 g/mol. The molecule has 74 valence electrons. The van der Waals surface area contributed by atoms with E-state index in [1.165, 1.54) is 5.57 Å². The molecule has 1 N–H and O–H groups in total. The van der Waals surface area contributed by atoms with Gasteiger partial charge in [-0.05, 0) is 20.3 Å². The molecule has 1 amide bonds. The van der Waals surface area contributed by atoms with Crippen LogP contribution in [0.3, 0.4) is 0 Å². The summed E-state index contributed by atoms with van der Waals surface area (Å²) < 4.78 is 0. The van der Waals surface area contributed by atoms with Crippen LogP contribution in [0.4, 0.5) is 0 Å². The third-order valence-electron chi connectivity index (χ3n) is 1.99. The zero-order chi connectivity index (χ0) is 10.3. The molecule has 0 aromatic rings. The van der Waals surface area contributed by atoms with Gasteiger partial charge < -0.3 is 5.32 Å². The summed E-state index contributed by atoms with van der Waals surface area (Å²) in [5, 5.41) is 2.65. The second kappa shape index (κ2) is 6.46. The Morgan fingerprint density at radius 3 is 2.46 bits per heavy atom. The van der Waals surface area contributed by atoms with Crippen LogP contribution < -0.4 is 5.32 Å². The van der Waals surface area contributed by atoms with E-state index in [2.05, 4.69) is 5.32 Å². The fourth-order valence-electron chi connectivity index (χ4n) is 1.19.